The molecular weight excluding hydrogens is 400 g/mol. The van der Waals surface area contributed by atoms with Crippen LogP contribution in [0.5, 0.6) is 0 Å². The van der Waals surface area contributed by atoms with Gasteiger partial charge in [-0.25, -0.2) is 0 Å². The lowest BCUT2D eigenvalue weighted by atomic mass is 9.43. The molecule has 0 aromatic heterocycles. The van der Waals surface area contributed by atoms with Crippen molar-refractivity contribution in [3.63, 3.8) is 0 Å². The van der Waals surface area contributed by atoms with Crippen LogP contribution in [0.25, 0.3) is 0 Å². The van der Waals surface area contributed by atoms with Gasteiger partial charge in [-0.3, -0.25) is 0 Å². The molecular formula is C28H48O4. The van der Waals surface area contributed by atoms with Crippen molar-refractivity contribution in [3.8, 4) is 0 Å². The lowest BCUT2D eigenvalue weighted by Gasteiger charge is -2.62. The van der Waals surface area contributed by atoms with E-state index >= 15 is 0 Å². The second-order valence-electron chi connectivity index (χ2n) is 13.6. The van der Waals surface area contributed by atoms with E-state index < -0.39 is 18.3 Å². The maximum absolute atomic E-state index is 11.3. The van der Waals surface area contributed by atoms with Crippen molar-refractivity contribution < 1.29 is 20.1 Å². The molecule has 4 nitrogen and oxygen atoms in total. The average Bonchev–Trinajstić information content (AvgIpc) is 3.44. The van der Waals surface area contributed by atoms with Crippen LogP contribution in [0.1, 0.15) is 86.5 Å². The number of aliphatic hydroxyl groups excluding tert-OH is 3. The molecule has 5 aliphatic rings. The van der Waals surface area contributed by atoms with Crippen molar-refractivity contribution in [1.82, 2.24) is 0 Å². The van der Waals surface area contributed by atoms with E-state index in [1.165, 1.54) is 25.7 Å². The van der Waals surface area contributed by atoms with Crippen LogP contribution in [0.4, 0.5) is 0 Å². The van der Waals surface area contributed by atoms with Gasteiger partial charge in [-0.15, -0.1) is 0 Å². The van der Waals surface area contributed by atoms with Gasteiger partial charge in [0.05, 0.1) is 30.5 Å². The van der Waals surface area contributed by atoms with E-state index in [2.05, 4.69) is 41.5 Å². The SMILES string of the molecule is CC(C)[C@H](C)CC[C@@H](C)[C@H]1CCC2C3C[C@@H](O)C4C[C@@H](O)C[C@H](O)[C@]4(C)C3[C@@H]3O[C@@H]3[C@@]21C. The van der Waals surface area contributed by atoms with Crippen LogP contribution in [-0.4, -0.2) is 45.8 Å². The summed E-state index contributed by atoms with van der Waals surface area (Å²) in [4.78, 5) is 0. The number of fused-ring (bicyclic) bond motifs is 8. The van der Waals surface area contributed by atoms with Crippen LogP contribution in [0.3, 0.4) is 0 Å². The molecule has 0 spiro atoms. The van der Waals surface area contributed by atoms with Gasteiger partial charge < -0.3 is 20.1 Å². The third-order valence-electron chi connectivity index (χ3n) is 12.0. The van der Waals surface area contributed by atoms with Gasteiger partial charge in [0, 0.05) is 10.8 Å². The quantitative estimate of drug-likeness (QED) is 0.536. The molecule has 0 aromatic carbocycles. The Morgan fingerprint density at radius 2 is 1.59 bits per heavy atom. The normalized spacial score (nSPS) is 56.1. The molecule has 1 heterocycles. The topological polar surface area (TPSA) is 73.2 Å². The zero-order valence-corrected chi connectivity index (χ0v) is 21.2. The molecule has 4 aliphatic carbocycles. The summed E-state index contributed by atoms with van der Waals surface area (Å²) in [5, 5.41) is 32.8. The fraction of sp³-hybridized carbons (Fsp3) is 1.00. The number of aliphatic hydroxyl groups is 3. The number of epoxide rings is 1. The summed E-state index contributed by atoms with van der Waals surface area (Å²) < 4.78 is 6.58. The molecule has 0 aromatic rings. The Balaban J connectivity index is 1.40. The fourth-order valence-corrected chi connectivity index (χ4v) is 9.71. The molecule has 5 fully saturated rings. The van der Waals surface area contributed by atoms with Gasteiger partial charge in [-0.2, -0.15) is 0 Å². The second-order valence-corrected chi connectivity index (χ2v) is 13.6. The molecule has 0 bridgehead atoms. The second kappa shape index (κ2) is 7.93. The summed E-state index contributed by atoms with van der Waals surface area (Å²) in [7, 11) is 0. The maximum atomic E-state index is 11.3. The standard InChI is InChI=1S/C28H48O4/c1-14(2)15(3)7-8-16(4)19-9-10-20-18-13-22(30)21-11-17(29)12-23(31)28(21,6)24(18)25-26(32-25)27(19,20)5/h14-26,29-31H,7-13H2,1-6H3/t15-,16-,17-,18?,19-,20?,21?,22-,23+,24?,25+,26+,27-,28-/m1/s1. The van der Waals surface area contributed by atoms with Crippen LogP contribution in [-0.2, 0) is 4.74 Å². The van der Waals surface area contributed by atoms with Gasteiger partial charge >= 0.3 is 0 Å². The van der Waals surface area contributed by atoms with Crippen LogP contribution in [0, 0.1) is 58.2 Å². The number of hydrogen-bond donors (Lipinski definition) is 3. The van der Waals surface area contributed by atoms with Gasteiger partial charge in [0.25, 0.3) is 0 Å². The first-order chi connectivity index (χ1) is 15.0. The third-order valence-corrected chi connectivity index (χ3v) is 12.0. The van der Waals surface area contributed by atoms with E-state index in [4.69, 9.17) is 4.74 Å². The lowest BCUT2D eigenvalue weighted by Crippen LogP contribution is -2.65. The van der Waals surface area contributed by atoms with Crippen molar-refractivity contribution in [1.29, 1.82) is 0 Å². The Hall–Kier alpha value is -0.160. The van der Waals surface area contributed by atoms with Gasteiger partial charge in [0.2, 0.25) is 0 Å². The van der Waals surface area contributed by atoms with Crippen molar-refractivity contribution in [2.45, 2.75) is 117 Å². The van der Waals surface area contributed by atoms with Crippen LogP contribution < -0.4 is 0 Å². The Morgan fingerprint density at radius 1 is 0.875 bits per heavy atom. The molecule has 4 saturated carbocycles. The predicted molar refractivity (Wildman–Crippen MR) is 126 cm³/mol. The van der Waals surface area contributed by atoms with Crippen molar-refractivity contribution in [2.24, 2.45) is 58.2 Å². The van der Waals surface area contributed by atoms with Crippen LogP contribution >= 0.6 is 0 Å². The molecule has 0 amide bonds. The lowest BCUT2D eigenvalue weighted by molar-refractivity contribution is -0.208. The highest BCUT2D eigenvalue weighted by Crippen LogP contribution is 2.73. The minimum atomic E-state index is -0.554. The fourth-order valence-electron chi connectivity index (χ4n) is 9.71. The molecule has 184 valence electrons. The molecule has 4 unspecified atom stereocenters. The number of hydrogen-bond acceptors (Lipinski definition) is 4. The molecule has 1 saturated heterocycles. The summed E-state index contributed by atoms with van der Waals surface area (Å²) >= 11 is 0. The van der Waals surface area contributed by atoms with E-state index in [0.717, 1.165) is 18.3 Å². The first-order valence-corrected chi connectivity index (χ1v) is 13.7. The number of ether oxygens (including phenoxy) is 1. The highest BCUT2D eigenvalue weighted by molar-refractivity contribution is 5.22. The minimum Gasteiger partial charge on any atom is -0.393 e. The van der Waals surface area contributed by atoms with Gasteiger partial charge in [-0.1, -0.05) is 54.4 Å². The molecule has 32 heavy (non-hydrogen) atoms. The van der Waals surface area contributed by atoms with E-state index in [1.807, 2.05) is 0 Å². The monoisotopic (exact) mass is 448 g/mol. The van der Waals surface area contributed by atoms with Crippen LogP contribution in [0.2, 0.25) is 0 Å². The summed E-state index contributed by atoms with van der Waals surface area (Å²) in [6.45, 7) is 14.3. The highest BCUT2D eigenvalue weighted by Gasteiger charge is 2.75. The highest BCUT2D eigenvalue weighted by atomic mass is 16.6. The average molecular weight is 449 g/mol. The van der Waals surface area contributed by atoms with Crippen molar-refractivity contribution in [3.05, 3.63) is 0 Å². The summed E-state index contributed by atoms with van der Waals surface area (Å²) in [5.41, 5.74) is -0.146. The zero-order valence-electron chi connectivity index (χ0n) is 21.2. The Kier molecular flexibility index (Phi) is 5.84. The third kappa shape index (κ3) is 3.22. The summed E-state index contributed by atoms with van der Waals surface area (Å²) in [6.07, 6.45) is 6.09. The minimum absolute atomic E-state index is 0.0228. The first kappa shape index (κ1) is 23.6. The molecule has 0 radical (unpaired) electrons. The Bertz CT molecular complexity index is 710. The van der Waals surface area contributed by atoms with Gasteiger partial charge in [-0.05, 0) is 79.4 Å². The van der Waals surface area contributed by atoms with E-state index in [0.29, 0.717) is 48.5 Å². The van der Waals surface area contributed by atoms with E-state index in [9.17, 15) is 15.3 Å². The maximum Gasteiger partial charge on any atom is 0.0904 e. The summed E-state index contributed by atoms with van der Waals surface area (Å²) in [6, 6.07) is 0. The summed E-state index contributed by atoms with van der Waals surface area (Å²) in [5.74, 6) is 4.23. The molecule has 5 rings (SSSR count). The van der Waals surface area contributed by atoms with Crippen molar-refractivity contribution >= 4 is 0 Å². The van der Waals surface area contributed by atoms with E-state index in [-0.39, 0.29) is 22.9 Å². The van der Waals surface area contributed by atoms with E-state index in [1.54, 1.807) is 0 Å². The smallest absolute Gasteiger partial charge is 0.0904 e. The predicted octanol–water partition coefficient (Wildman–Crippen LogP) is 4.64. The Labute approximate surface area is 195 Å². The molecule has 4 heteroatoms. The molecule has 1 aliphatic heterocycles. The largest absolute Gasteiger partial charge is 0.393 e. The van der Waals surface area contributed by atoms with Crippen molar-refractivity contribution in [2.75, 3.05) is 0 Å². The van der Waals surface area contributed by atoms with Gasteiger partial charge in [0.15, 0.2) is 0 Å². The molecule has 3 N–H and O–H groups in total. The number of rotatable bonds is 5. The van der Waals surface area contributed by atoms with Crippen LogP contribution in [0.15, 0.2) is 0 Å². The zero-order chi connectivity index (χ0) is 23.2. The Morgan fingerprint density at radius 3 is 2.28 bits per heavy atom. The first-order valence-electron chi connectivity index (χ1n) is 13.7. The van der Waals surface area contributed by atoms with Gasteiger partial charge in [0.1, 0.15) is 0 Å². The molecule has 14 atom stereocenters.